The Hall–Kier alpha value is -4.64. The molecule has 5 rings (SSSR count). The van der Waals surface area contributed by atoms with Gasteiger partial charge < -0.3 is 34.8 Å². The second-order valence-corrected chi connectivity index (χ2v) is 10.4. The van der Waals surface area contributed by atoms with E-state index in [1.807, 2.05) is 6.07 Å². The van der Waals surface area contributed by atoms with Gasteiger partial charge in [0.15, 0.2) is 11.5 Å². The number of hydrogen-bond donors (Lipinski definition) is 2. The lowest BCUT2D eigenvalue weighted by atomic mass is 10.1. The minimum Gasteiger partial charge on any atom is -0.493 e. The molecule has 0 aliphatic carbocycles. The van der Waals surface area contributed by atoms with E-state index in [9.17, 15) is 18.8 Å². The van der Waals surface area contributed by atoms with Crippen molar-refractivity contribution in [1.82, 2.24) is 15.1 Å². The van der Waals surface area contributed by atoms with Gasteiger partial charge in [0.05, 0.1) is 25.6 Å². The van der Waals surface area contributed by atoms with Gasteiger partial charge in [0.25, 0.3) is 17.7 Å². The van der Waals surface area contributed by atoms with E-state index in [0.717, 1.165) is 18.8 Å². The number of anilines is 2. The van der Waals surface area contributed by atoms with Crippen molar-refractivity contribution < 1.29 is 28.2 Å². The van der Waals surface area contributed by atoms with Crippen LogP contribution in [0.15, 0.2) is 60.7 Å². The summed E-state index contributed by atoms with van der Waals surface area (Å²) in [6.07, 6.45) is 0.692. The first-order chi connectivity index (χ1) is 20.9. The molecule has 2 aliphatic rings. The van der Waals surface area contributed by atoms with Crippen LogP contribution in [-0.2, 0) is 0 Å². The second-order valence-electron chi connectivity index (χ2n) is 10.4. The minimum absolute atomic E-state index is 0.0957. The smallest absolute Gasteiger partial charge is 0.255 e. The van der Waals surface area contributed by atoms with Crippen molar-refractivity contribution in [3.05, 3.63) is 83.2 Å². The molecule has 0 bridgehead atoms. The lowest BCUT2D eigenvalue weighted by Gasteiger charge is -2.29. The molecule has 3 amide bonds. The van der Waals surface area contributed by atoms with Crippen LogP contribution in [0.3, 0.4) is 0 Å². The quantitative estimate of drug-likeness (QED) is 0.435. The zero-order chi connectivity index (χ0) is 30.3. The number of nitrogens with zero attached hydrogens (tertiary/aromatic N) is 3. The monoisotopic (exact) mass is 589 g/mol. The highest BCUT2D eigenvalue weighted by Gasteiger charge is 2.25. The molecule has 11 heteroatoms. The standard InChI is InChI=1S/C32H36FN5O5/c1-42-28-11-7-23(21-29(28)43-2)30(39)35-26-20-24(32(41)38-16-12-34-13-17-38)6-10-27(26)36-14-3-15-37(19-18-36)31(40)22-4-8-25(33)9-5-22/h4-11,20-21,34H,3,12-19H2,1-2H3,(H,35,39). The first kappa shape index (κ1) is 29.8. The van der Waals surface area contributed by atoms with Gasteiger partial charge >= 0.3 is 0 Å². The number of piperazine rings is 1. The molecule has 0 radical (unpaired) electrons. The Bertz CT molecular complexity index is 1480. The minimum atomic E-state index is -0.389. The Kier molecular flexibility index (Phi) is 9.41. The number of carbonyl (C=O) groups is 3. The molecule has 2 heterocycles. The molecule has 2 fully saturated rings. The lowest BCUT2D eigenvalue weighted by Crippen LogP contribution is -2.46. The Morgan fingerprint density at radius 3 is 2.09 bits per heavy atom. The van der Waals surface area contributed by atoms with Crippen LogP contribution in [0.25, 0.3) is 0 Å². The van der Waals surface area contributed by atoms with Gasteiger partial charge in [-0.2, -0.15) is 0 Å². The van der Waals surface area contributed by atoms with Crippen LogP contribution in [0.5, 0.6) is 11.5 Å². The molecule has 43 heavy (non-hydrogen) atoms. The molecule has 0 aromatic heterocycles. The molecule has 2 aliphatic heterocycles. The van der Waals surface area contributed by atoms with Crippen molar-refractivity contribution >= 4 is 29.1 Å². The molecule has 0 atom stereocenters. The summed E-state index contributed by atoms with van der Waals surface area (Å²) >= 11 is 0. The summed E-state index contributed by atoms with van der Waals surface area (Å²) < 4.78 is 24.1. The molecular weight excluding hydrogens is 553 g/mol. The van der Waals surface area contributed by atoms with Crippen molar-refractivity contribution in [3.63, 3.8) is 0 Å². The summed E-state index contributed by atoms with van der Waals surface area (Å²) in [5.74, 6) is -0.0662. The van der Waals surface area contributed by atoms with E-state index in [-0.39, 0.29) is 23.5 Å². The SMILES string of the molecule is COc1ccc(C(=O)Nc2cc(C(=O)N3CCNCC3)ccc2N2CCCN(C(=O)c3ccc(F)cc3)CC2)cc1OC. The predicted molar refractivity (Wildman–Crippen MR) is 162 cm³/mol. The van der Waals surface area contributed by atoms with Gasteiger partial charge in [0.2, 0.25) is 0 Å². The van der Waals surface area contributed by atoms with E-state index in [1.165, 1.54) is 38.5 Å². The van der Waals surface area contributed by atoms with E-state index >= 15 is 0 Å². The molecule has 3 aromatic rings. The molecule has 2 N–H and O–H groups in total. The van der Waals surface area contributed by atoms with Crippen molar-refractivity contribution in [2.75, 3.05) is 76.8 Å². The van der Waals surface area contributed by atoms with Gasteiger partial charge in [-0.25, -0.2) is 4.39 Å². The van der Waals surface area contributed by atoms with Gasteiger partial charge in [-0.05, 0) is 67.1 Å². The number of methoxy groups -OCH3 is 2. The number of carbonyl (C=O) groups excluding carboxylic acids is 3. The van der Waals surface area contributed by atoms with Crippen LogP contribution in [0.1, 0.15) is 37.5 Å². The number of hydrogen-bond acceptors (Lipinski definition) is 7. The average Bonchev–Trinajstić information content (AvgIpc) is 3.31. The zero-order valence-corrected chi connectivity index (χ0v) is 24.4. The van der Waals surface area contributed by atoms with E-state index in [4.69, 9.17) is 9.47 Å². The number of halogens is 1. The molecule has 0 saturated carbocycles. The highest BCUT2D eigenvalue weighted by Crippen LogP contribution is 2.32. The van der Waals surface area contributed by atoms with E-state index in [1.54, 1.807) is 40.1 Å². The van der Waals surface area contributed by atoms with Crippen LogP contribution >= 0.6 is 0 Å². The molecule has 0 unspecified atom stereocenters. The number of amides is 3. The van der Waals surface area contributed by atoms with Crippen molar-refractivity contribution in [3.8, 4) is 11.5 Å². The van der Waals surface area contributed by atoms with E-state index in [2.05, 4.69) is 15.5 Å². The highest BCUT2D eigenvalue weighted by atomic mass is 19.1. The maximum atomic E-state index is 13.5. The largest absolute Gasteiger partial charge is 0.493 e. The Labute approximate surface area is 250 Å². The van der Waals surface area contributed by atoms with E-state index in [0.29, 0.717) is 79.6 Å². The van der Waals surface area contributed by atoms with Crippen LogP contribution in [-0.4, -0.2) is 94.1 Å². The first-order valence-electron chi connectivity index (χ1n) is 14.3. The van der Waals surface area contributed by atoms with Crippen molar-refractivity contribution in [2.45, 2.75) is 6.42 Å². The summed E-state index contributed by atoms with van der Waals surface area (Å²) in [6.45, 7) is 4.81. The molecule has 10 nitrogen and oxygen atoms in total. The topological polar surface area (TPSA) is 103 Å². The molecule has 3 aromatic carbocycles. The Morgan fingerprint density at radius 1 is 0.721 bits per heavy atom. The van der Waals surface area contributed by atoms with Crippen LogP contribution < -0.4 is 25.0 Å². The van der Waals surface area contributed by atoms with Gasteiger partial charge in [0, 0.05) is 69.0 Å². The molecule has 2 saturated heterocycles. The summed E-state index contributed by atoms with van der Waals surface area (Å²) in [4.78, 5) is 45.6. The lowest BCUT2D eigenvalue weighted by molar-refractivity contribution is 0.0734. The average molecular weight is 590 g/mol. The number of nitrogens with one attached hydrogen (secondary N) is 2. The Balaban J connectivity index is 1.40. The van der Waals surface area contributed by atoms with Gasteiger partial charge in [-0.15, -0.1) is 0 Å². The first-order valence-corrected chi connectivity index (χ1v) is 14.3. The van der Waals surface area contributed by atoms with Crippen LogP contribution in [0.4, 0.5) is 15.8 Å². The zero-order valence-electron chi connectivity index (χ0n) is 24.4. The fourth-order valence-corrected chi connectivity index (χ4v) is 5.40. The van der Waals surface area contributed by atoms with Gasteiger partial charge in [0.1, 0.15) is 5.82 Å². The third-order valence-corrected chi connectivity index (χ3v) is 7.76. The Morgan fingerprint density at radius 2 is 1.37 bits per heavy atom. The fraction of sp³-hybridized carbons (Fsp3) is 0.344. The molecular formula is C32H36FN5O5. The predicted octanol–water partition coefficient (Wildman–Crippen LogP) is 3.49. The van der Waals surface area contributed by atoms with Crippen molar-refractivity contribution in [2.24, 2.45) is 0 Å². The third-order valence-electron chi connectivity index (χ3n) is 7.76. The maximum Gasteiger partial charge on any atom is 0.255 e. The van der Waals surface area contributed by atoms with Gasteiger partial charge in [-0.1, -0.05) is 0 Å². The number of benzene rings is 3. The van der Waals surface area contributed by atoms with E-state index < -0.39 is 0 Å². The van der Waals surface area contributed by atoms with Crippen molar-refractivity contribution in [1.29, 1.82) is 0 Å². The fourth-order valence-electron chi connectivity index (χ4n) is 5.40. The summed E-state index contributed by atoms with van der Waals surface area (Å²) in [7, 11) is 3.03. The summed E-state index contributed by atoms with van der Waals surface area (Å²) in [5, 5.41) is 6.28. The summed E-state index contributed by atoms with van der Waals surface area (Å²) in [6, 6.07) is 15.9. The molecule has 226 valence electrons. The maximum absolute atomic E-state index is 13.5. The summed E-state index contributed by atoms with van der Waals surface area (Å²) in [5.41, 5.74) is 2.54. The highest BCUT2D eigenvalue weighted by molar-refractivity contribution is 6.07. The van der Waals surface area contributed by atoms with Crippen LogP contribution in [0, 0.1) is 5.82 Å². The van der Waals surface area contributed by atoms with Crippen LogP contribution in [0.2, 0.25) is 0 Å². The molecule has 0 spiro atoms. The number of ether oxygens (including phenoxy) is 2. The second kappa shape index (κ2) is 13.6. The van der Waals surface area contributed by atoms with Gasteiger partial charge in [-0.3, -0.25) is 14.4 Å². The normalized spacial score (nSPS) is 15.5. The number of rotatable bonds is 7. The third kappa shape index (κ3) is 6.89.